The Hall–Kier alpha value is -6.15. The second kappa shape index (κ2) is 19.6. The number of likely N-dealkylation sites (tertiary alicyclic amines) is 1. The minimum absolute atomic E-state index is 0.0144. The van der Waals surface area contributed by atoms with E-state index in [0.717, 1.165) is 30.9 Å². The van der Waals surface area contributed by atoms with E-state index in [9.17, 15) is 53.7 Å². The number of nitrogens with one attached hydrogen (secondary N) is 1. The fraction of sp³-hybridized carbons (Fsp3) is 0.623. The Morgan fingerprint density at radius 2 is 1.74 bits per heavy atom. The van der Waals surface area contributed by atoms with Crippen LogP contribution in [0.1, 0.15) is 115 Å². The summed E-state index contributed by atoms with van der Waals surface area (Å²) in [7, 11) is 1.36. The van der Waals surface area contributed by atoms with Crippen molar-refractivity contribution in [2.45, 2.75) is 128 Å². The highest BCUT2D eigenvalue weighted by molar-refractivity contribution is 6.01. The number of amides is 2. The predicted octanol–water partition coefficient (Wildman–Crippen LogP) is 4.76. The summed E-state index contributed by atoms with van der Waals surface area (Å²) >= 11 is 0. The molecular formula is C53H65FN4O15. The number of Topliss-reactive ketones (excluding diaryl/α,β-unsaturated/α-hetero) is 1. The highest BCUT2D eigenvalue weighted by Gasteiger charge is 2.68. The van der Waals surface area contributed by atoms with Crippen LogP contribution in [0.4, 0.5) is 14.9 Å². The first-order chi connectivity index (χ1) is 34.6. The Bertz CT molecular complexity index is 2770. The first kappa shape index (κ1) is 51.7. The van der Waals surface area contributed by atoms with Crippen molar-refractivity contribution in [3.05, 3.63) is 57.7 Å². The number of benzene rings is 1. The minimum Gasteiger partial charge on any atom is -0.492 e. The number of aliphatic hydroxyl groups excluding tert-OH is 1. The molecule has 6 fully saturated rings. The summed E-state index contributed by atoms with van der Waals surface area (Å²) in [5, 5.41) is 36.0. The van der Waals surface area contributed by atoms with Crippen LogP contribution in [0.2, 0.25) is 0 Å². The van der Waals surface area contributed by atoms with Gasteiger partial charge < -0.3 is 54.0 Å². The van der Waals surface area contributed by atoms with Gasteiger partial charge in [-0.3, -0.25) is 24.0 Å². The second-order valence-corrected chi connectivity index (χ2v) is 22.0. The molecule has 0 spiro atoms. The summed E-state index contributed by atoms with van der Waals surface area (Å²) in [6, 6.07) is -0.650. The number of piperidine rings is 1. The molecule has 2 aromatic rings. The van der Waals surface area contributed by atoms with Gasteiger partial charge in [-0.2, -0.15) is 0 Å². The van der Waals surface area contributed by atoms with Crippen molar-refractivity contribution >= 4 is 58.1 Å². The van der Waals surface area contributed by atoms with Gasteiger partial charge in [-0.15, -0.1) is 0 Å². The summed E-state index contributed by atoms with van der Waals surface area (Å²) in [6.07, 6.45) is 8.97. The van der Waals surface area contributed by atoms with Gasteiger partial charge in [-0.25, -0.2) is 18.8 Å². The van der Waals surface area contributed by atoms with Crippen LogP contribution in [-0.2, 0) is 38.2 Å². The molecule has 9 rings (SSSR count). The molecule has 2 saturated heterocycles. The number of carboxylic acid groups (broad SMARTS) is 1. The number of hydrogen-bond donors (Lipinski definition) is 4. The molecule has 394 valence electrons. The van der Waals surface area contributed by atoms with Crippen LogP contribution < -0.4 is 20.4 Å². The average molecular weight is 1020 g/mol. The van der Waals surface area contributed by atoms with Crippen LogP contribution in [0.3, 0.4) is 0 Å². The Morgan fingerprint density at radius 1 is 0.986 bits per heavy atom. The van der Waals surface area contributed by atoms with E-state index in [-0.39, 0.29) is 71.7 Å². The number of hydrogen-bond acceptors (Lipinski definition) is 15. The van der Waals surface area contributed by atoms with Crippen molar-refractivity contribution in [2.75, 3.05) is 45.0 Å². The standard InChI is InChI=1S/C53H65FN4O15/c1-27(2)43(49(67)71-25-39(61)53(69)17-15-35-32-11-8-29-19-31(59)14-16-51(29,3)42(32)38(60)21-52(35,53)4)55-40(62)12-13-41(63)72-26-73-50(68)57-18-6-7-28-22-56(24-37(28)57)45-36(54)20-33-44(47(45)70-5)58(30-9-10-30)23-34(46(33)64)48(65)66/h14,16,19-20,23,27-28,30,32,35,37-38,42-43,60,69H,6-13,15,17-18,21-22,24-26H2,1-5H3,(H,55,62)(H,65,66)/t28?,32?,35?,37?,38-,42?,43-,51-,52-,53-/m1/s1. The Morgan fingerprint density at radius 3 is 2.44 bits per heavy atom. The number of esters is 2. The predicted molar refractivity (Wildman–Crippen MR) is 258 cm³/mol. The van der Waals surface area contributed by atoms with E-state index in [1.54, 1.807) is 35.5 Å². The van der Waals surface area contributed by atoms with E-state index in [1.807, 2.05) is 19.9 Å². The number of halogens is 1. The van der Waals surface area contributed by atoms with E-state index in [0.29, 0.717) is 44.3 Å². The smallest absolute Gasteiger partial charge is 0.412 e. The number of pyridine rings is 1. The summed E-state index contributed by atoms with van der Waals surface area (Å²) in [4.78, 5) is 107. The fourth-order valence-electron chi connectivity index (χ4n) is 13.7. The van der Waals surface area contributed by atoms with Crippen LogP contribution in [0.15, 0.2) is 40.9 Å². The van der Waals surface area contributed by atoms with E-state index in [2.05, 4.69) is 5.32 Å². The third-order valence-corrected chi connectivity index (χ3v) is 17.6. The molecule has 7 aliphatic rings. The van der Waals surface area contributed by atoms with Gasteiger partial charge in [0.05, 0.1) is 36.6 Å². The summed E-state index contributed by atoms with van der Waals surface area (Å²) < 4.78 is 39.5. The number of carbonyl (C=O) groups excluding carboxylic acids is 6. The lowest BCUT2D eigenvalue weighted by molar-refractivity contribution is -0.181. The van der Waals surface area contributed by atoms with Gasteiger partial charge in [0.1, 0.15) is 22.9 Å². The van der Waals surface area contributed by atoms with Crippen molar-refractivity contribution in [3.63, 3.8) is 0 Å². The maximum Gasteiger partial charge on any atom is 0.412 e. The zero-order valence-electron chi connectivity index (χ0n) is 41.9. The van der Waals surface area contributed by atoms with E-state index < -0.39 is 119 Å². The molecule has 5 unspecified atom stereocenters. The summed E-state index contributed by atoms with van der Waals surface area (Å²) in [5.41, 5.74) is -3.30. The zero-order valence-corrected chi connectivity index (χ0v) is 41.9. The number of aromatic nitrogens is 1. The zero-order chi connectivity index (χ0) is 52.5. The van der Waals surface area contributed by atoms with Crippen LogP contribution in [-0.4, -0.2) is 130 Å². The van der Waals surface area contributed by atoms with Crippen molar-refractivity contribution in [2.24, 2.45) is 40.4 Å². The molecule has 20 heteroatoms. The number of aliphatic hydroxyl groups is 2. The Kier molecular flexibility index (Phi) is 13.9. The van der Waals surface area contributed by atoms with Gasteiger partial charge in [0.25, 0.3) is 0 Å². The number of methoxy groups -OCH3 is 1. The number of rotatable bonds is 15. The second-order valence-electron chi connectivity index (χ2n) is 22.0. The molecule has 0 bridgehead atoms. The molecule has 5 aliphatic carbocycles. The average Bonchev–Trinajstić information content (AvgIpc) is 4.04. The van der Waals surface area contributed by atoms with E-state index >= 15 is 4.39 Å². The third kappa shape index (κ3) is 9.09. The number of ether oxygens (including phenoxy) is 4. The molecule has 4 saturated carbocycles. The topological polar surface area (TPSA) is 258 Å². The lowest BCUT2D eigenvalue weighted by Gasteiger charge is -2.59. The minimum atomic E-state index is -1.88. The molecule has 0 radical (unpaired) electrons. The molecule has 19 nitrogen and oxygen atoms in total. The van der Waals surface area contributed by atoms with Gasteiger partial charge in [0, 0.05) is 55.0 Å². The largest absolute Gasteiger partial charge is 0.492 e. The molecule has 2 aliphatic heterocycles. The molecule has 2 amide bonds. The number of fused-ring (bicyclic) bond motifs is 7. The number of allylic oxidation sites excluding steroid dienone is 4. The highest BCUT2D eigenvalue weighted by atomic mass is 19.1. The molecule has 1 aromatic carbocycles. The Balaban J connectivity index is 0.747. The molecule has 4 N–H and O–H groups in total. The van der Waals surface area contributed by atoms with Crippen LogP contribution in [0.5, 0.6) is 5.75 Å². The fourth-order valence-corrected chi connectivity index (χ4v) is 13.7. The monoisotopic (exact) mass is 1020 g/mol. The summed E-state index contributed by atoms with van der Waals surface area (Å²) in [5.74, 6) is -6.21. The first-order valence-corrected chi connectivity index (χ1v) is 25.5. The molecule has 10 atom stereocenters. The van der Waals surface area contributed by atoms with Gasteiger partial charge in [-0.1, -0.05) is 39.3 Å². The maximum absolute atomic E-state index is 16.1. The Labute approximate surface area is 421 Å². The first-order valence-electron chi connectivity index (χ1n) is 25.5. The normalized spacial score (nSPS) is 30.6. The third-order valence-electron chi connectivity index (χ3n) is 17.6. The van der Waals surface area contributed by atoms with Crippen molar-refractivity contribution in [3.8, 4) is 5.75 Å². The highest BCUT2D eigenvalue weighted by Crippen LogP contribution is 2.67. The lowest BCUT2D eigenvalue weighted by atomic mass is 9.46. The van der Waals surface area contributed by atoms with Crippen LogP contribution in [0.25, 0.3) is 10.9 Å². The number of aromatic carboxylic acids is 1. The molecule has 73 heavy (non-hydrogen) atoms. The van der Waals surface area contributed by atoms with E-state index in [4.69, 9.17) is 18.9 Å². The van der Waals surface area contributed by atoms with Gasteiger partial charge in [0.15, 0.2) is 24.0 Å². The number of ketones is 2. The van der Waals surface area contributed by atoms with Crippen molar-refractivity contribution < 1.29 is 72.2 Å². The van der Waals surface area contributed by atoms with Crippen molar-refractivity contribution in [1.82, 2.24) is 14.8 Å². The maximum atomic E-state index is 16.1. The number of nitrogens with zero attached hydrogens (tertiary/aromatic N) is 3. The number of carboxylic acids is 1. The van der Waals surface area contributed by atoms with Crippen LogP contribution >= 0.6 is 0 Å². The van der Waals surface area contributed by atoms with Crippen LogP contribution in [0, 0.1) is 46.2 Å². The lowest BCUT2D eigenvalue weighted by Crippen LogP contribution is -2.62. The van der Waals surface area contributed by atoms with Gasteiger partial charge >= 0.3 is 24.0 Å². The molecule has 1 aromatic heterocycles. The quantitative estimate of drug-likeness (QED) is 0.139. The number of anilines is 1. The SMILES string of the molecule is COc1c(N2CC3CCCN(C(=O)OCOC(=O)CCC(=O)N[C@@H](C(=O)OCC(=O)[C@]4(O)CCC5C6CCC7=CC(=O)C=C[C@@]7(C)C6[C@H](O)C[C@]54C)C(C)C)C3C2)c(F)cc2c(=O)c(C(=O)O)cn(C3CC3)c12. The van der Waals surface area contributed by atoms with E-state index in [1.165, 1.54) is 18.2 Å². The molecule has 3 heterocycles. The summed E-state index contributed by atoms with van der Waals surface area (Å²) in [6.45, 7) is 6.54. The number of carbonyl (C=O) groups is 7. The van der Waals surface area contributed by atoms with Crippen molar-refractivity contribution in [1.29, 1.82) is 0 Å². The molecular weight excluding hydrogens is 952 g/mol. The van der Waals surface area contributed by atoms with Gasteiger partial charge in [0.2, 0.25) is 23.9 Å². The van der Waals surface area contributed by atoms with Gasteiger partial charge in [-0.05, 0) is 99.7 Å².